The highest BCUT2D eigenvalue weighted by atomic mass is 16.7. The molecule has 1 N–H and O–H groups in total. The summed E-state index contributed by atoms with van der Waals surface area (Å²) in [5.74, 6) is -2.32. The maximum absolute atomic E-state index is 13.0. The number of benzene rings is 4. The van der Waals surface area contributed by atoms with Crippen LogP contribution in [0.2, 0.25) is 0 Å². The SMILES string of the molecule is O=C(CC(CCc1ccccc1)NC(=O)OCC1c2ccccc2-c2ccccc21)ON1C(=O)c2ccccc2C1=O. The monoisotopic (exact) mass is 560 g/mol. The molecule has 1 atom stereocenters. The number of ether oxygens (including phenoxy) is 1. The van der Waals surface area contributed by atoms with Crippen LogP contribution in [0.1, 0.15) is 56.2 Å². The van der Waals surface area contributed by atoms with Crippen LogP contribution in [0.25, 0.3) is 11.1 Å². The number of nitrogens with one attached hydrogen (secondary N) is 1. The van der Waals surface area contributed by atoms with E-state index in [1.807, 2.05) is 66.7 Å². The van der Waals surface area contributed by atoms with Gasteiger partial charge in [0.05, 0.1) is 17.5 Å². The molecular weight excluding hydrogens is 532 g/mol. The Morgan fingerprint density at radius 3 is 1.83 bits per heavy atom. The molecule has 3 amide bonds. The summed E-state index contributed by atoms with van der Waals surface area (Å²) in [5, 5.41) is 3.28. The molecule has 0 saturated carbocycles. The topological polar surface area (TPSA) is 102 Å². The lowest BCUT2D eigenvalue weighted by atomic mass is 9.98. The van der Waals surface area contributed by atoms with Gasteiger partial charge in [-0.3, -0.25) is 9.59 Å². The van der Waals surface area contributed by atoms with Crippen molar-refractivity contribution < 1.29 is 28.8 Å². The molecule has 1 aliphatic carbocycles. The molecule has 1 unspecified atom stereocenters. The molecule has 8 heteroatoms. The van der Waals surface area contributed by atoms with Gasteiger partial charge in [-0.05, 0) is 52.8 Å². The van der Waals surface area contributed by atoms with E-state index in [9.17, 15) is 19.2 Å². The van der Waals surface area contributed by atoms with Gasteiger partial charge >= 0.3 is 12.1 Å². The quantitative estimate of drug-likeness (QED) is 0.265. The number of carbonyl (C=O) groups excluding carboxylic acids is 4. The molecule has 0 saturated heterocycles. The van der Waals surface area contributed by atoms with E-state index in [0.29, 0.717) is 17.9 Å². The Morgan fingerprint density at radius 1 is 0.714 bits per heavy atom. The molecule has 1 aliphatic heterocycles. The van der Waals surface area contributed by atoms with E-state index in [1.54, 1.807) is 12.1 Å². The van der Waals surface area contributed by atoms with Crippen LogP contribution in [0, 0.1) is 0 Å². The molecule has 0 aromatic heterocycles. The van der Waals surface area contributed by atoms with Crippen LogP contribution in [0.15, 0.2) is 103 Å². The highest BCUT2D eigenvalue weighted by Crippen LogP contribution is 2.44. The molecule has 0 fully saturated rings. The first-order chi connectivity index (χ1) is 20.5. The van der Waals surface area contributed by atoms with Crippen LogP contribution in [0.3, 0.4) is 0 Å². The number of hydrogen-bond acceptors (Lipinski definition) is 6. The molecule has 210 valence electrons. The fourth-order valence-electron chi connectivity index (χ4n) is 5.61. The first-order valence-electron chi connectivity index (χ1n) is 13.8. The van der Waals surface area contributed by atoms with Gasteiger partial charge in [-0.25, -0.2) is 9.59 Å². The summed E-state index contributed by atoms with van der Waals surface area (Å²) in [5.41, 5.74) is 5.82. The Bertz CT molecular complexity index is 1590. The van der Waals surface area contributed by atoms with E-state index in [-0.39, 0.29) is 30.1 Å². The number of hydroxylamine groups is 2. The molecule has 8 nitrogen and oxygen atoms in total. The summed E-state index contributed by atoms with van der Waals surface area (Å²) in [7, 11) is 0. The summed E-state index contributed by atoms with van der Waals surface area (Å²) in [6.07, 6.45) is 0.0640. The van der Waals surface area contributed by atoms with E-state index >= 15 is 0 Å². The maximum atomic E-state index is 13.0. The molecular formula is C34H28N2O6. The van der Waals surface area contributed by atoms with E-state index in [2.05, 4.69) is 17.4 Å². The summed E-state index contributed by atoms with van der Waals surface area (Å²) >= 11 is 0. The highest BCUT2D eigenvalue weighted by molar-refractivity contribution is 6.20. The smallest absolute Gasteiger partial charge is 0.407 e. The van der Waals surface area contributed by atoms with Crippen molar-refractivity contribution in [3.8, 4) is 11.1 Å². The summed E-state index contributed by atoms with van der Waals surface area (Å²) in [6.45, 7) is 0.130. The van der Waals surface area contributed by atoms with Crippen molar-refractivity contribution in [2.75, 3.05) is 6.61 Å². The van der Waals surface area contributed by atoms with Gasteiger partial charge in [0.1, 0.15) is 6.61 Å². The minimum atomic E-state index is -0.818. The summed E-state index contributed by atoms with van der Waals surface area (Å²) < 4.78 is 5.69. The predicted octanol–water partition coefficient (Wildman–Crippen LogP) is 5.67. The van der Waals surface area contributed by atoms with E-state index in [4.69, 9.17) is 9.57 Å². The van der Waals surface area contributed by atoms with E-state index in [0.717, 1.165) is 27.8 Å². The third-order valence-electron chi connectivity index (χ3n) is 7.65. The van der Waals surface area contributed by atoms with Crippen molar-refractivity contribution in [1.29, 1.82) is 0 Å². The van der Waals surface area contributed by atoms with Gasteiger partial charge in [-0.1, -0.05) is 96.1 Å². The van der Waals surface area contributed by atoms with Gasteiger partial charge in [0.2, 0.25) is 0 Å². The number of amides is 3. The highest BCUT2D eigenvalue weighted by Gasteiger charge is 2.39. The molecule has 2 aliphatic rings. The van der Waals surface area contributed by atoms with Crippen molar-refractivity contribution in [1.82, 2.24) is 10.4 Å². The van der Waals surface area contributed by atoms with Crippen LogP contribution in [-0.2, 0) is 20.8 Å². The number of hydrogen-bond donors (Lipinski definition) is 1. The number of nitrogens with zero attached hydrogens (tertiary/aromatic N) is 1. The summed E-state index contributed by atoms with van der Waals surface area (Å²) in [6, 6.07) is 31.4. The number of carbonyl (C=O) groups is 4. The van der Waals surface area contributed by atoms with Crippen LogP contribution in [0.5, 0.6) is 0 Å². The van der Waals surface area contributed by atoms with Gasteiger partial charge in [0, 0.05) is 12.0 Å². The Kier molecular flexibility index (Phi) is 7.51. The first-order valence-corrected chi connectivity index (χ1v) is 13.8. The predicted molar refractivity (Wildman–Crippen MR) is 154 cm³/mol. The minimum absolute atomic E-state index is 0.107. The number of alkyl carbamates (subject to hydrolysis) is 1. The normalized spacial score (nSPS) is 14.1. The lowest BCUT2D eigenvalue weighted by molar-refractivity contribution is -0.169. The molecule has 1 heterocycles. The largest absolute Gasteiger partial charge is 0.449 e. The maximum Gasteiger partial charge on any atom is 0.407 e. The molecule has 0 bridgehead atoms. The van der Waals surface area contributed by atoms with Crippen molar-refractivity contribution in [3.63, 3.8) is 0 Å². The third kappa shape index (κ3) is 5.39. The zero-order valence-corrected chi connectivity index (χ0v) is 22.7. The van der Waals surface area contributed by atoms with Crippen molar-refractivity contribution in [2.45, 2.75) is 31.2 Å². The number of fused-ring (bicyclic) bond motifs is 4. The molecule has 42 heavy (non-hydrogen) atoms. The molecule has 4 aromatic rings. The van der Waals surface area contributed by atoms with Crippen LogP contribution in [0.4, 0.5) is 4.79 Å². The van der Waals surface area contributed by atoms with E-state index in [1.165, 1.54) is 12.1 Å². The van der Waals surface area contributed by atoms with Gasteiger partial charge in [-0.15, -0.1) is 0 Å². The van der Waals surface area contributed by atoms with Gasteiger partial charge < -0.3 is 14.9 Å². The average molecular weight is 561 g/mol. The molecule has 0 radical (unpaired) electrons. The van der Waals surface area contributed by atoms with Crippen LogP contribution < -0.4 is 5.32 Å². The van der Waals surface area contributed by atoms with Crippen LogP contribution in [-0.4, -0.2) is 41.6 Å². The van der Waals surface area contributed by atoms with Crippen molar-refractivity contribution in [2.24, 2.45) is 0 Å². The lowest BCUT2D eigenvalue weighted by Crippen LogP contribution is -2.40. The fourth-order valence-corrected chi connectivity index (χ4v) is 5.61. The Hall–Kier alpha value is -5.24. The number of rotatable bonds is 9. The van der Waals surface area contributed by atoms with Crippen LogP contribution >= 0.6 is 0 Å². The lowest BCUT2D eigenvalue weighted by Gasteiger charge is -2.20. The fraction of sp³-hybridized carbons (Fsp3) is 0.176. The number of imide groups is 1. The van der Waals surface area contributed by atoms with Gasteiger partial charge in [0.25, 0.3) is 11.8 Å². The standard InChI is InChI=1S/C34H28N2O6/c37-31(42-36-32(38)28-16-8-9-17-29(28)33(36)39)20-23(19-18-22-10-2-1-3-11-22)35-34(40)41-21-30-26-14-6-4-12-24(26)25-13-5-7-15-27(25)30/h1-17,23,30H,18-21H2,(H,35,40). The Balaban J connectivity index is 1.11. The summed E-state index contributed by atoms with van der Waals surface area (Å²) in [4.78, 5) is 56.4. The second-order valence-electron chi connectivity index (χ2n) is 10.3. The molecule has 4 aromatic carbocycles. The Morgan fingerprint density at radius 2 is 1.24 bits per heavy atom. The minimum Gasteiger partial charge on any atom is -0.449 e. The second-order valence-corrected chi connectivity index (χ2v) is 10.3. The average Bonchev–Trinajstić information content (AvgIpc) is 3.46. The zero-order chi connectivity index (χ0) is 29.1. The second kappa shape index (κ2) is 11.7. The first kappa shape index (κ1) is 27.0. The van der Waals surface area contributed by atoms with Gasteiger partial charge in [-0.2, -0.15) is 0 Å². The van der Waals surface area contributed by atoms with Crippen molar-refractivity contribution in [3.05, 3.63) is 131 Å². The Labute approximate surface area is 242 Å². The number of aryl methyl sites for hydroxylation is 1. The van der Waals surface area contributed by atoms with Crippen molar-refractivity contribution >= 4 is 23.9 Å². The molecule has 6 rings (SSSR count). The third-order valence-corrected chi connectivity index (χ3v) is 7.65. The molecule has 0 spiro atoms. The zero-order valence-electron chi connectivity index (χ0n) is 22.7. The van der Waals surface area contributed by atoms with Gasteiger partial charge in [0.15, 0.2) is 0 Å². The van der Waals surface area contributed by atoms with E-state index < -0.39 is 29.9 Å².